The summed E-state index contributed by atoms with van der Waals surface area (Å²) in [5.74, 6) is -1.26. The van der Waals surface area contributed by atoms with Gasteiger partial charge in [0.15, 0.2) is 11.8 Å². The minimum Gasteiger partial charge on any atom is -0.464 e. The topological polar surface area (TPSA) is 75.6 Å². The lowest BCUT2D eigenvalue weighted by Gasteiger charge is -2.22. The Hall–Kier alpha value is -2.37. The van der Waals surface area contributed by atoms with Gasteiger partial charge in [0.05, 0.1) is 6.61 Å². The first-order valence-electron chi connectivity index (χ1n) is 7.90. The molecule has 2 atom stereocenters. The number of ketones is 1. The molecule has 0 saturated heterocycles. The molecule has 2 rings (SSSR count). The highest BCUT2D eigenvalue weighted by atomic mass is 35.5. The van der Waals surface area contributed by atoms with Crippen LogP contribution in [0.3, 0.4) is 0 Å². The van der Waals surface area contributed by atoms with Crippen LogP contribution in [0.4, 0.5) is 5.69 Å². The molecule has 0 fully saturated rings. The second-order valence-corrected chi connectivity index (χ2v) is 5.99. The van der Waals surface area contributed by atoms with Crippen LogP contribution in [0.5, 0.6) is 0 Å². The fourth-order valence-corrected chi connectivity index (χ4v) is 2.39. The molecule has 0 radical (unpaired) electrons. The summed E-state index contributed by atoms with van der Waals surface area (Å²) in [7, 11) is 0. The van der Waals surface area contributed by atoms with Crippen LogP contribution < -0.4 is 5.32 Å². The molecule has 0 aliphatic rings. The Bertz CT molecular complexity index is 728. The normalized spacial score (nSPS) is 13.0. The van der Waals surface area contributed by atoms with E-state index in [2.05, 4.69) is 5.32 Å². The zero-order valence-corrected chi connectivity index (χ0v) is 14.8. The van der Waals surface area contributed by atoms with E-state index in [9.17, 15) is 14.7 Å². The van der Waals surface area contributed by atoms with Crippen molar-refractivity contribution >= 4 is 29.0 Å². The lowest BCUT2D eigenvalue weighted by atomic mass is 9.99. The number of carbonyl (C=O) groups excluding carboxylic acids is 2. The van der Waals surface area contributed by atoms with E-state index in [0.717, 1.165) is 5.56 Å². The summed E-state index contributed by atoms with van der Waals surface area (Å²) >= 11 is 5.84. The van der Waals surface area contributed by atoms with Crippen molar-refractivity contribution in [1.29, 1.82) is 0 Å². The number of anilines is 1. The molecule has 2 aromatic carbocycles. The maximum absolute atomic E-state index is 12.5. The van der Waals surface area contributed by atoms with Crippen LogP contribution in [-0.4, -0.2) is 35.6 Å². The quantitative estimate of drug-likeness (QED) is 0.585. The zero-order chi connectivity index (χ0) is 18.4. The van der Waals surface area contributed by atoms with Crippen LogP contribution in [0.15, 0.2) is 48.5 Å². The fraction of sp³-hybridized carbons (Fsp3) is 0.263. The Kier molecular flexibility index (Phi) is 6.56. The predicted molar refractivity (Wildman–Crippen MR) is 97.0 cm³/mol. The van der Waals surface area contributed by atoms with Crippen molar-refractivity contribution in [2.75, 3.05) is 11.9 Å². The van der Waals surface area contributed by atoms with Crippen molar-refractivity contribution in [2.45, 2.75) is 26.0 Å². The van der Waals surface area contributed by atoms with Crippen LogP contribution in [-0.2, 0) is 9.53 Å². The number of nitrogens with one attached hydrogen (secondary N) is 1. The van der Waals surface area contributed by atoms with Gasteiger partial charge in [-0.3, -0.25) is 4.79 Å². The van der Waals surface area contributed by atoms with E-state index in [0.29, 0.717) is 16.3 Å². The molecule has 0 aliphatic carbocycles. The number of carbonyl (C=O) groups is 2. The Morgan fingerprint density at radius 3 is 2.28 bits per heavy atom. The number of benzene rings is 2. The van der Waals surface area contributed by atoms with Crippen molar-refractivity contribution < 1.29 is 19.4 Å². The van der Waals surface area contributed by atoms with Crippen LogP contribution in [0.2, 0.25) is 5.02 Å². The van der Waals surface area contributed by atoms with Gasteiger partial charge in [-0.2, -0.15) is 0 Å². The monoisotopic (exact) mass is 361 g/mol. The number of hydrogen-bond donors (Lipinski definition) is 2. The number of Topliss-reactive ketones (excluding diaryl/α,β-unsaturated/α-hetero) is 1. The van der Waals surface area contributed by atoms with Gasteiger partial charge in [0.25, 0.3) is 0 Å². The number of esters is 1. The fourth-order valence-electron chi connectivity index (χ4n) is 2.26. The van der Waals surface area contributed by atoms with Gasteiger partial charge in [-0.1, -0.05) is 41.4 Å². The van der Waals surface area contributed by atoms with Gasteiger partial charge in [-0.05, 0) is 38.1 Å². The summed E-state index contributed by atoms with van der Waals surface area (Å²) in [6.07, 6.45) is -1.59. The highest BCUT2D eigenvalue weighted by Crippen LogP contribution is 2.17. The molecule has 132 valence electrons. The molecular formula is C19H20ClNO4. The van der Waals surface area contributed by atoms with E-state index >= 15 is 0 Å². The lowest BCUT2D eigenvalue weighted by molar-refractivity contribution is -0.145. The third kappa shape index (κ3) is 5.05. The summed E-state index contributed by atoms with van der Waals surface area (Å²) in [5.41, 5.74) is 1.86. The van der Waals surface area contributed by atoms with E-state index in [1.54, 1.807) is 55.5 Å². The SMILES string of the molecule is CCOC(=O)C(Nc1ccc(Cl)cc1)C(O)C(=O)c1ccc(C)cc1. The van der Waals surface area contributed by atoms with E-state index in [-0.39, 0.29) is 6.61 Å². The highest BCUT2D eigenvalue weighted by molar-refractivity contribution is 6.30. The van der Waals surface area contributed by atoms with E-state index < -0.39 is 23.9 Å². The van der Waals surface area contributed by atoms with Crippen molar-refractivity contribution in [3.05, 3.63) is 64.7 Å². The molecule has 0 aliphatic heterocycles. The summed E-state index contributed by atoms with van der Waals surface area (Å²) in [6, 6.07) is 12.1. The average Bonchev–Trinajstić information content (AvgIpc) is 2.61. The van der Waals surface area contributed by atoms with Gasteiger partial charge in [0, 0.05) is 16.3 Å². The number of aryl methyl sites for hydroxylation is 1. The number of rotatable bonds is 7. The third-order valence-corrected chi connectivity index (χ3v) is 3.88. The number of ether oxygens (including phenoxy) is 1. The van der Waals surface area contributed by atoms with Gasteiger partial charge in [0.1, 0.15) is 6.10 Å². The second kappa shape index (κ2) is 8.65. The van der Waals surface area contributed by atoms with Crippen molar-refractivity contribution in [3.63, 3.8) is 0 Å². The number of aliphatic hydroxyl groups excluding tert-OH is 1. The molecule has 0 bridgehead atoms. The number of hydrogen-bond acceptors (Lipinski definition) is 5. The van der Waals surface area contributed by atoms with Crippen LogP contribution in [0.1, 0.15) is 22.8 Å². The Labute approximate surface area is 151 Å². The molecule has 2 unspecified atom stereocenters. The van der Waals surface area contributed by atoms with Gasteiger partial charge in [0.2, 0.25) is 0 Å². The Morgan fingerprint density at radius 1 is 1.12 bits per heavy atom. The molecule has 2 N–H and O–H groups in total. The van der Waals surface area contributed by atoms with Crippen LogP contribution in [0.25, 0.3) is 0 Å². The summed E-state index contributed by atoms with van der Waals surface area (Å²) in [4.78, 5) is 24.8. The van der Waals surface area contributed by atoms with E-state index in [1.807, 2.05) is 6.92 Å². The van der Waals surface area contributed by atoms with Crippen molar-refractivity contribution in [2.24, 2.45) is 0 Å². The highest BCUT2D eigenvalue weighted by Gasteiger charge is 2.34. The van der Waals surface area contributed by atoms with E-state index in [4.69, 9.17) is 16.3 Å². The predicted octanol–water partition coefficient (Wildman–Crippen LogP) is 3.24. The third-order valence-electron chi connectivity index (χ3n) is 3.63. The van der Waals surface area contributed by atoms with Gasteiger partial charge < -0.3 is 15.2 Å². The summed E-state index contributed by atoms with van der Waals surface area (Å²) in [6.45, 7) is 3.70. The Morgan fingerprint density at radius 2 is 1.72 bits per heavy atom. The zero-order valence-electron chi connectivity index (χ0n) is 14.0. The second-order valence-electron chi connectivity index (χ2n) is 5.56. The first kappa shape index (κ1) is 19.0. The van der Waals surface area contributed by atoms with Crippen molar-refractivity contribution in [3.8, 4) is 0 Å². The Balaban J connectivity index is 2.23. The summed E-state index contributed by atoms with van der Waals surface area (Å²) in [5, 5.41) is 13.9. The molecule has 0 amide bonds. The molecule has 6 heteroatoms. The van der Waals surface area contributed by atoms with Crippen LogP contribution in [0, 0.1) is 6.92 Å². The minimum absolute atomic E-state index is 0.142. The maximum Gasteiger partial charge on any atom is 0.331 e. The first-order valence-corrected chi connectivity index (χ1v) is 8.28. The first-order chi connectivity index (χ1) is 11.9. The molecule has 25 heavy (non-hydrogen) atoms. The van der Waals surface area contributed by atoms with E-state index in [1.165, 1.54) is 0 Å². The molecule has 0 spiro atoms. The average molecular weight is 362 g/mol. The summed E-state index contributed by atoms with van der Waals surface area (Å²) < 4.78 is 4.99. The van der Waals surface area contributed by atoms with Gasteiger partial charge >= 0.3 is 5.97 Å². The maximum atomic E-state index is 12.5. The standard InChI is InChI=1S/C19H20ClNO4/c1-3-25-19(24)16(21-15-10-8-14(20)9-11-15)18(23)17(22)13-6-4-12(2)5-7-13/h4-11,16,18,21,23H,3H2,1-2H3. The number of halogens is 1. The molecule has 0 aromatic heterocycles. The molecule has 5 nitrogen and oxygen atoms in total. The lowest BCUT2D eigenvalue weighted by Crippen LogP contribution is -2.46. The molecule has 0 saturated carbocycles. The molecule has 0 heterocycles. The minimum atomic E-state index is -1.59. The van der Waals surface area contributed by atoms with Crippen molar-refractivity contribution in [1.82, 2.24) is 0 Å². The van der Waals surface area contributed by atoms with Crippen LogP contribution >= 0.6 is 11.6 Å². The molecular weight excluding hydrogens is 342 g/mol. The smallest absolute Gasteiger partial charge is 0.331 e. The van der Waals surface area contributed by atoms with Gasteiger partial charge in [-0.15, -0.1) is 0 Å². The molecule has 2 aromatic rings. The largest absolute Gasteiger partial charge is 0.464 e. The van der Waals surface area contributed by atoms with Gasteiger partial charge in [-0.25, -0.2) is 4.79 Å². The number of aliphatic hydroxyl groups is 1.